The zero-order chi connectivity index (χ0) is 10.8. The fourth-order valence-corrected chi connectivity index (χ4v) is 1.83. The van der Waals surface area contributed by atoms with Crippen molar-refractivity contribution in [2.45, 2.75) is 44.7 Å². The van der Waals surface area contributed by atoms with Gasteiger partial charge in [-0.25, -0.2) is 0 Å². The molecule has 4 nitrogen and oxygen atoms in total. The maximum atomic E-state index is 11.9. The highest BCUT2D eigenvalue weighted by Gasteiger charge is 2.33. The van der Waals surface area contributed by atoms with Crippen LogP contribution in [-0.2, 0) is 4.79 Å². The van der Waals surface area contributed by atoms with Crippen molar-refractivity contribution in [1.82, 2.24) is 4.90 Å². The monoisotopic (exact) mass is 200 g/mol. The van der Waals surface area contributed by atoms with Crippen molar-refractivity contribution in [3.63, 3.8) is 0 Å². The van der Waals surface area contributed by atoms with Gasteiger partial charge in [-0.15, -0.1) is 0 Å². The molecule has 1 heterocycles. The summed E-state index contributed by atoms with van der Waals surface area (Å²) in [5.74, 6) is -0.0590. The summed E-state index contributed by atoms with van der Waals surface area (Å²) in [7, 11) is 0. The van der Waals surface area contributed by atoms with Crippen LogP contribution in [0.15, 0.2) is 0 Å². The van der Waals surface area contributed by atoms with Gasteiger partial charge in [0.05, 0.1) is 18.2 Å². The lowest BCUT2D eigenvalue weighted by Crippen LogP contribution is -2.56. The Kier molecular flexibility index (Phi) is 3.50. The molecule has 1 amide bonds. The number of amides is 1. The van der Waals surface area contributed by atoms with E-state index in [1.165, 1.54) is 0 Å². The lowest BCUT2D eigenvalue weighted by atomic mass is 9.98. The summed E-state index contributed by atoms with van der Waals surface area (Å²) in [6.07, 6.45) is 2.98. The van der Waals surface area contributed by atoms with Crippen molar-refractivity contribution in [1.29, 1.82) is 0 Å². The number of nitrogens with two attached hydrogens (primary N) is 1. The molecule has 0 spiro atoms. The van der Waals surface area contributed by atoms with Gasteiger partial charge in [-0.3, -0.25) is 4.79 Å². The molecule has 1 aliphatic rings. The van der Waals surface area contributed by atoms with E-state index >= 15 is 0 Å². The number of aliphatic hydroxyl groups is 1. The standard InChI is InChI=1S/C10H20N2O2/c1-10(2,11)9(14)12-6-4-3-5-8(12)7-13/h8,13H,3-7,11H2,1-2H3. The summed E-state index contributed by atoms with van der Waals surface area (Å²) in [5.41, 5.74) is 4.93. The number of likely N-dealkylation sites (tertiary alicyclic amines) is 1. The maximum absolute atomic E-state index is 11.9. The third-order valence-electron chi connectivity index (χ3n) is 2.65. The summed E-state index contributed by atoms with van der Waals surface area (Å²) >= 11 is 0. The molecular formula is C10H20N2O2. The van der Waals surface area contributed by atoms with Crippen LogP contribution in [0.5, 0.6) is 0 Å². The molecule has 0 aromatic heterocycles. The number of carbonyl (C=O) groups excluding carboxylic acids is 1. The van der Waals surface area contributed by atoms with Gasteiger partial charge in [0.25, 0.3) is 0 Å². The van der Waals surface area contributed by atoms with E-state index in [2.05, 4.69) is 0 Å². The molecule has 0 aliphatic carbocycles. The van der Waals surface area contributed by atoms with Crippen LogP contribution in [0.2, 0.25) is 0 Å². The first kappa shape index (κ1) is 11.5. The summed E-state index contributed by atoms with van der Waals surface area (Å²) in [4.78, 5) is 13.6. The van der Waals surface area contributed by atoms with E-state index in [1.807, 2.05) is 0 Å². The van der Waals surface area contributed by atoms with Gasteiger partial charge in [-0.05, 0) is 33.1 Å². The second-order valence-electron chi connectivity index (χ2n) is 4.55. The van der Waals surface area contributed by atoms with E-state index in [4.69, 9.17) is 10.8 Å². The molecule has 0 radical (unpaired) electrons. The molecular weight excluding hydrogens is 180 g/mol. The third-order valence-corrected chi connectivity index (χ3v) is 2.65. The second kappa shape index (κ2) is 4.28. The quantitative estimate of drug-likeness (QED) is 0.664. The number of piperidine rings is 1. The van der Waals surface area contributed by atoms with Crippen molar-refractivity contribution in [3.05, 3.63) is 0 Å². The summed E-state index contributed by atoms with van der Waals surface area (Å²) in [5, 5.41) is 9.14. The van der Waals surface area contributed by atoms with E-state index in [9.17, 15) is 4.79 Å². The average molecular weight is 200 g/mol. The molecule has 4 heteroatoms. The zero-order valence-corrected chi connectivity index (χ0v) is 8.99. The minimum atomic E-state index is -0.829. The highest BCUT2D eigenvalue weighted by molar-refractivity contribution is 5.85. The minimum absolute atomic E-state index is 0.0286. The molecule has 0 bridgehead atoms. The second-order valence-corrected chi connectivity index (χ2v) is 4.55. The molecule has 1 unspecified atom stereocenters. The van der Waals surface area contributed by atoms with E-state index in [0.717, 1.165) is 25.8 Å². The average Bonchev–Trinajstić information content (AvgIpc) is 2.15. The molecule has 1 saturated heterocycles. The lowest BCUT2D eigenvalue weighted by molar-refractivity contribution is -0.140. The summed E-state index contributed by atoms with van der Waals surface area (Å²) in [6.45, 7) is 4.18. The van der Waals surface area contributed by atoms with Gasteiger partial charge >= 0.3 is 0 Å². The van der Waals surface area contributed by atoms with Gasteiger partial charge in [0, 0.05) is 6.54 Å². The largest absolute Gasteiger partial charge is 0.394 e. The predicted octanol–water partition coefficient (Wildman–Crippen LogP) is 0.0971. The van der Waals surface area contributed by atoms with Crippen molar-refractivity contribution in [2.24, 2.45) is 5.73 Å². The Morgan fingerprint density at radius 1 is 1.57 bits per heavy atom. The Bertz CT molecular complexity index is 211. The highest BCUT2D eigenvalue weighted by Crippen LogP contribution is 2.19. The number of hydrogen-bond acceptors (Lipinski definition) is 3. The molecule has 1 fully saturated rings. The first-order valence-electron chi connectivity index (χ1n) is 5.17. The van der Waals surface area contributed by atoms with Crippen LogP contribution in [0, 0.1) is 0 Å². The van der Waals surface area contributed by atoms with Gasteiger partial charge in [0.1, 0.15) is 0 Å². The molecule has 1 aliphatic heterocycles. The smallest absolute Gasteiger partial charge is 0.242 e. The third kappa shape index (κ3) is 2.45. The Morgan fingerprint density at radius 2 is 2.21 bits per heavy atom. The molecule has 0 aromatic rings. The SMILES string of the molecule is CC(C)(N)C(=O)N1CCCCC1CO. The first-order valence-corrected chi connectivity index (χ1v) is 5.17. The Hall–Kier alpha value is -0.610. The van der Waals surface area contributed by atoms with Crippen LogP contribution < -0.4 is 5.73 Å². The summed E-state index contributed by atoms with van der Waals surface area (Å²) in [6, 6.07) is -0.0286. The van der Waals surface area contributed by atoms with E-state index in [-0.39, 0.29) is 18.6 Å². The van der Waals surface area contributed by atoms with Gasteiger partial charge in [-0.1, -0.05) is 0 Å². The van der Waals surface area contributed by atoms with Gasteiger partial charge in [0.2, 0.25) is 5.91 Å². The van der Waals surface area contributed by atoms with Crippen LogP contribution in [0.1, 0.15) is 33.1 Å². The molecule has 82 valence electrons. The van der Waals surface area contributed by atoms with Crippen molar-refractivity contribution in [2.75, 3.05) is 13.2 Å². The topological polar surface area (TPSA) is 66.6 Å². The van der Waals surface area contributed by atoms with Crippen LogP contribution in [0.4, 0.5) is 0 Å². The zero-order valence-electron chi connectivity index (χ0n) is 8.99. The van der Waals surface area contributed by atoms with Crippen molar-refractivity contribution in [3.8, 4) is 0 Å². The molecule has 0 saturated carbocycles. The van der Waals surface area contributed by atoms with Crippen LogP contribution in [0.25, 0.3) is 0 Å². The van der Waals surface area contributed by atoms with Crippen LogP contribution >= 0.6 is 0 Å². The molecule has 14 heavy (non-hydrogen) atoms. The normalized spacial score (nSPS) is 23.7. The van der Waals surface area contributed by atoms with Gasteiger partial charge in [0.15, 0.2) is 0 Å². The van der Waals surface area contributed by atoms with Gasteiger partial charge in [-0.2, -0.15) is 0 Å². The van der Waals surface area contributed by atoms with Crippen molar-refractivity contribution < 1.29 is 9.90 Å². The summed E-state index contributed by atoms with van der Waals surface area (Å²) < 4.78 is 0. The Balaban J connectivity index is 2.69. The van der Waals surface area contributed by atoms with E-state index < -0.39 is 5.54 Å². The first-order chi connectivity index (χ1) is 6.46. The van der Waals surface area contributed by atoms with Crippen LogP contribution in [0.3, 0.4) is 0 Å². The minimum Gasteiger partial charge on any atom is -0.394 e. The van der Waals surface area contributed by atoms with E-state index in [0.29, 0.717) is 0 Å². The maximum Gasteiger partial charge on any atom is 0.242 e. The number of carbonyl (C=O) groups is 1. The van der Waals surface area contributed by atoms with Gasteiger partial charge < -0.3 is 15.7 Å². The van der Waals surface area contributed by atoms with Crippen molar-refractivity contribution >= 4 is 5.91 Å². The molecule has 3 N–H and O–H groups in total. The molecule has 0 aromatic carbocycles. The number of rotatable bonds is 2. The highest BCUT2D eigenvalue weighted by atomic mass is 16.3. The Labute approximate surface area is 85.1 Å². The fourth-order valence-electron chi connectivity index (χ4n) is 1.83. The number of nitrogens with zero attached hydrogens (tertiary/aromatic N) is 1. The number of aliphatic hydroxyl groups excluding tert-OH is 1. The molecule has 1 rings (SSSR count). The van der Waals surface area contributed by atoms with E-state index in [1.54, 1.807) is 18.7 Å². The fraction of sp³-hybridized carbons (Fsp3) is 0.900. The Morgan fingerprint density at radius 3 is 2.71 bits per heavy atom. The molecule has 1 atom stereocenters. The lowest BCUT2D eigenvalue weighted by Gasteiger charge is -2.38. The predicted molar refractivity (Wildman–Crippen MR) is 54.7 cm³/mol. The van der Waals surface area contributed by atoms with Crippen LogP contribution in [-0.4, -0.2) is 40.6 Å². The number of hydrogen-bond donors (Lipinski definition) is 2.